The predicted molar refractivity (Wildman–Crippen MR) is 104 cm³/mol. The summed E-state index contributed by atoms with van der Waals surface area (Å²) in [5.74, 6) is -1.60. The molecule has 3 aromatic rings. The van der Waals surface area contributed by atoms with Crippen LogP contribution in [0, 0.1) is 0 Å². The van der Waals surface area contributed by atoms with Gasteiger partial charge in [0.1, 0.15) is 0 Å². The van der Waals surface area contributed by atoms with Gasteiger partial charge in [-0.2, -0.15) is 0 Å². The van der Waals surface area contributed by atoms with Crippen LogP contribution in [0.15, 0.2) is 27.5 Å². The summed E-state index contributed by atoms with van der Waals surface area (Å²) in [6, 6.07) is 4.50. The number of H-pyrrole nitrogens is 1. The van der Waals surface area contributed by atoms with Gasteiger partial charge in [-0.3, -0.25) is 14.3 Å². The SMILES string of the molecule is CC(CO)c1cc(Oc2c(Cl)cc(CC(=O)c3noc(=O)[nH]3)cc2Cl)nnc1Cl. The minimum absolute atomic E-state index is 0.0810. The molecule has 0 spiro atoms. The fourth-order valence-electron chi connectivity index (χ4n) is 2.40. The molecule has 2 N–H and O–H groups in total. The summed E-state index contributed by atoms with van der Waals surface area (Å²) in [5.41, 5.74) is 1.02. The number of aliphatic hydroxyl groups excluding tert-OH is 1. The van der Waals surface area contributed by atoms with Crippen LogP contribution in [0.1, 0.15) is 34.6 Å². The van der Waals surface area contributed by atoms with Crippen molar-refractivity contribution in [3.05, 3.63) is 60.9 Å². The van der Waals surface area contributed by atoms with Gasteiger partial charge < -0.3 is 9.84 Å². The summed E-state index contributed by atoms with van der Waals surface area (Å²) in [6.07, 6.45) is -0.124. The maximum absolute atomic E-state index is 12.1. The van der Waals surface area contributed by atoms with Crippen LogP contribution in [0.5, 0.6) is 11.6 Å². The van der Waals surface area contributed by atoms with Crippen molar-refractivity contribution in [3.63, 3.8) is 0 Å². The van der Waals surface area contributed by atoms with Crippen LogP contribution in [-0.2, 0) is 6.42 Å². The Bertz CT molecular complexity index is 1090. The van der Waals surface area contributed by atoms with Crippen molar-refractivity contribution in [3.8, 4) is 11.6 Å². The molecular formula is C17H13Cl3N4O5. The second kappa shape index (κ2) is 8.91. The van der Waals surface area contributed by atoms with Crippen molar-refractivity contribution in [2.24, 2.45) is 0 Å². The number of ketones is 1. The molecule has 3 rings (SSSR count). The number of hydrogen-bond donors (Lipinski definition) is 2. The Labute approximate surface area is 178 Å². The zero-order valence-corrected chi connectivity index (χ0v) is 17.0. The number of aliphatic hydroxyl groups is 1. The molecule has 0 saturated carbocycles. The van der Waals surface area contributed by atoms with Crippen molar-refractivity contribution in [2.45, 2.75) is 19.3 Å². The third-order valence-corrected chi connectivity index (χ3v) is 4.75. The molecule has 0 aliphatic heterocycles. The van der Waals surface area contributed by atoms with Gasteiger partial charge in [0.25, 0.3) is 0 Å². The van der Waals surface area contributed by atoms with Gasteiger partial charge in [-0.1, -0.05) is 46.9 Å². The molecule has 0 aliphatic rings. The summed E-state index contributed by atoms with van der Waals surface area (Å²) in [7, 11) is 0. The molecule has 0 amide bonds. The van der Waals surface area contributed by atoms with E-state index in [2.05, 4.69) is 24.9 Å². The van der Waals surface area contributed by atoms with Crippen molar-refractivity contribution < 1.29 is 19.2 Å². The number of carbonyl (C=O) groups excluding carboxylic acids is 1. The van der Waals surface area contributed by atoms with Crippen LogP contribution < -0.4 is 10.5 Å². The molecule has 2 aromatic heterocycles. The number of ether oxygens (including phenoxy) is 1. The van der Waals surface area contributed by atoms with Crippen molar-refractivity contribution in [1.82, 2.24) is 20.3 Å². The van der Waals surface area contributed by atoms with Gasteiger partial charge in [0.15, 0.2) is 10.9 Å². The minimum atomic E-state index is -0.827. The van der Waals surface area contributed by atoms with E-state index in [1.54, 1.807) is 6.92 Å². The summed E-state index contributed by atoms with van der Waals surface area (Å²) in [5, 5.41) is 20.7. The summed E-state index contributed by atoms with van der Waals surface area (Å²) >= 11 is 18.5. The van der Waals surface area contributed by atoms with Crippen LogP contribution in [-0.4, -0.2) is 37.8 Å². The number of Topliss-reactive ketones (excluding diaryl/α,β-unsaturated/α-hetero) is 1. The Kier molecular flexibility index (Phi) is 6.53. The third kappa shape index (κ3) is 4.94. The van der Waals surface area contributed by atoms with E-state index in [-0.39, 0.29) is 51.6 Å². The summed E-state index contributed by atoms with van der Waals surface area (Å²) < 4.78 is 9.95. The highest BCUT2D eigenvalue weighted by Gasteiger charge is 2.18. The van der Waals surface area contributed by atoms with Gasteiger partial charge in [0, 0.05) is 30.6 Å². The number of hydrogen-bond acceptors (Lipinski definition) is 8. The lowest BCUT2D eigenvalue weighted by atomic mass is 10.1. The zero-order chi connectivity index (χ0) is 21.1. The highest BCUT2D eigenvalue weighted by molar-refractivity contribution is 6.37. The van der Waals surface area contributed by atoms with E-state index in [1.165, 1.54) is 18.2 Å². The second-order valence-electron chi connectivity index (χ2n) is 6.05. The van der Waals surface area contributed by atoms with Gasteiger partial charge in [-0.25, -0.2) is 4.79 Å². The first kappa shape index (κ1) is 21.3. The van der Waals surface area contributed by atoms with Gasteiger partial charge in [0.05, 0.1) is 10.0 Å². The van der Waals surface area contributed by atoms with E-state index < -0.39 is 11.5 Å². The number of nitrogens with zero attached hydrogens (tertiary/aromatic N) is 3. The van der Waals surface area contributed by atoms with E-state index >= 15 is 0 Å². The normalized spacial score (nSPS) is 12.0. The molecule has 0 fully saturated rings. The lowest BCUT2D eigenvalue weighted by Crippen LogP contribution is -2.08. The number of halogens is 3. The van der Waals surface area contributed by atoms with Gasteiger partial charge >= 0.3 is 5.76 Å². The first-order valence-electron chi connectivity index (χ1n) is 8.17. The second-order valence-corrected chi connectivity index (χ2v) is 7.22. The molecule has 1 unspecified atom stereocenters. The first-order valence-corrected chi connectivity index (χ1v) is 9.30. The molecule has 152 valence electrons. The van der Waals surface area contributed by atoms with E-state index in [9.17, 15) is 14.7 Å². The molecule has 1 atom stereocenters. The first-order chi connectivity index (χ1) is 13.8. The van der Waals surface area contributed by atoms with Crippen molar-refractivity contribution in [2.75, 3.05) is 6.61 Å². The van der Waals surface area contributed by atoms with Gasteiger partial charge in [0.2, 0.25) is 17.5 Å². The molecule has 0 bridgehead atoms. The Hall–Kier alpha value is -2.46. The molecule has 12 heteroatoms. The minimum Gasteiger partial charge on any atom is -0.434 e. The maximum atomic E-state index is 12.1. The third-order valence-electron chi connectivity index (χ3n) is 3.89. The summed E-state index contributed by atoms with van der Waals surface area (Å²) in [6.45, 7) is 1.63. The van der Waals surface area contributed by atoms with Crippen LogP contribution in [0.25, 0.3) is 0 Å². The standard InChI is InChI=1S/C17H13Cl3N4O5/c1-7(6-25)9-5-13(22-23-15(9)20)28-14-10(18)2-8(3-11(14)19)4-12(26)16-21-17(27)29-24-16/h2-3,5,7,25H,4,6H2,1H3,(H,21,24,27). The van der Waals surface area contributed by atoms with E-state index in [1.807, 2.05) is 0 Å². The number of carbonyl (C=O) groups is 1. The average Bonchev–Trinajstić information content (AvgIpc) is 3.12. The lowest BCUT2D eigenvalue weighted by Gasteiger charge is -2.13. The summed E-state index contributed by atoms with van der Waals surface area (Å²) in [4.78, 5) is 25.3. The Morgan fingerprint density at radius 2 is 1.93 bits per heavy atom. The van der Waals surface area contributed by atoms with Gasteiger partial charge in [-0.05, 0) is 17.7 Å². The fourth-order valence-corrected chi connectivity index (χ4v) is 3.29. The highest BCUT2D eigenvalue weighted by Crippen LogP contribution is 2.38. The monoisotopic (exact) mass is 458 g/mol. The van der Waals surface area contributed by atoms with Crippen molar-refractivity contribution >= 4 is 40.6 Å². The van der Waals surface area contributed by atoms with E-state index in [0.717, 1.165) is 0 Å². The molecular weight excluding hydrogens is 447 g/mol. The van der Waals surface area contributed by atoms with Crippen molar-refractivity contribution in [1.29, 1.82) is 0 Å². The largest absolute Gasteiger partial charge is 0.439 e. The molecule has 1 aromatic carbocycles. The molecule has 0 radical (unpaired) electrons. The Balaban J connectivity index is 1.83. The number of rotatable bonds is 7. The number of aromatic amines is 1. The Morgan fingerprint density at radius 3 is 2.52 bits per heavy atom. The number of aromatic nitrogens is 4. The number of nitrogens with one attached hydrogen (secondary N) is 1. The fraction of sp³-hybridized carbons (Fsp3) is 0.235. The zero-order valence-electron chi connectivity index (χ0n) is 14.8. The molecule has 29 heavy (non-hydrogen) atoms. The van der Waals surface area contributed by atoms with Crippen LogP contribution in [0.3, 0.4) is 0 Å². The molecule has 9 nitrogen and oxygen atoms in total. The number of benzene rings is 1. The predicted octanol–water partition coefficient (Wildman–Crippen LogP) is 3.43. The Morgan fingerprint density at radius 1 is 1.24 bits per heavy atom. The van der Waals surface area contributed by atoms with Crippen LogP contribution in [0.4, 0.5) is 0 Å². The average molecular weight is 460 g/mol. The lowest BCUT2D eigenvalue weighted by molar-refractivity contribution is 0.0980. The van der Waals surface area contributed by atoms with E-state index in [0.29, 0.717) is 11.1 Å². The van der Waals surface area contributed by atoms with E-state index in [4.69, 9.17) is 39.5 Å². The highest BCUT2D eigenvalue weighted by atomic mass is 35.5. The quantitative estimate of drug-likeness (QED) is 0.514. The molecule has 0 aliphatic carbocycles. The smallest absolute Gasteiger partial charge is 0.434 e. The maximum Gasteiger partial charge on any atom is 0.439 e. The van der Waals surface area contributed by atoms with Gasteiger partial charge in [-0.15, -0.1) is 10.2 Å². The van der Waals surface area contributed by atoms with Crippen LogP contribution >= 0.6 is 34.8 Å². The topological polar surface area (TPSA) is 131 Å². The molecule has 0 saturated heterocycles. The van der Waals surface area contributed by atoms with Crippen LogP contribution in [0.2, 0.25) is 15.2 Å². The molecule has 2 heterocycles.